The number of nitrogens with two attached hydrogens (primary N) is 2. The zero-order chi connectivity index (χ0) is 33.5. The number of hydrogen-bond donors (Lipinski definition) is 10. The van der Waals surface area contributed by atoms with Gasteiger partial charge in [-0.2, -0.15) is 0 Å². The lowest BCUT2D eigenvalue weighted by Crippen LogP contribution is -2.57. The van der Waals surface area contributed by atoms with E-state index in [4.69, 9.17) is 11.5 Å². The van der Waals surface area contributed by atoms with Crippen LogP contribution < -0.4 is 38.1 Å². The van der Waals surface area contributed by atoms with E-state index in [1.807, 2.05) is 0 Å². The van der Waals surface area contributed by atoms with E-state index in [2.05, 4.69) is 31.6 Å². The summed E-state index contributed by atoms with van der Waals surface area (Å²) in [5, 5.41) is 40.1. The molecule has 0 spiro atoms. The summed E-state index contributed by atoms with van der Waals surface area (Å²) in [6, 6.07) is 0.146. The molecule has 12 N–H and O–H groups in total. The molecule has 0 unspecified atom stereocenters. The van der Waals surface area contributed by atoms with Crippen LogP contribution in [0.4, 0.5) is 0 Å². The molecule has 0 aliphatic carbocycles. The lowest BCUT2D eigenvalue weighted by molar-refractivity contribution is -0.143. The van der Waals surface area contributed by atoms with Gasteiger partial charge in [0.25, 0.3) is 0 Å². The number of aromatic hydroxyl groups is 1. The normalized spacial score (nSPS) is 22.3. The molecule has 0 aromatic heterocycles. The van der Waals surface area contributed by atoms with Crippen molar-refractivity contribution in [2.24, 2.45) is 16.5 Å². The minimum atomic E-state index is -1.68. The van der Waals surface area contributed by atoms with Crippen LogP contribution in [-0.4, -0.2) is 112 Å². The Labute approximate surface area is 261 Å². The van der Waals surface area contributed by atoms with Gasteiger partial charge < -0.3 is 53.4 Å². The monoisotopic (exact) mass is 652 g/mol. The largest absolute Gasteiger partial charge is 0.508 e. The number of thioether (sulfide) groups is 1. The highest BCUT2D eigenvalue weighted by Gasteiger charge is 2.31. The number of aliphatic carboxylic acids is 2. The second-order valence-electron chi connectivity index (χ2n) is 9.85. The number of carbonyl (C=O) groups is 7. The molecule has 1 aliphatic rings. The topological polar surface area (TPSA) is 305 Å². The number of amides is 5. The number of carboxylic acids is 2. The number of guanidine groups is 1. The van der Waals surface area contributed by atoms with Crippen LogP contribution in [0.5, 0.6) is 5.75 Å². The molecule has 1 aromatic carbocycles. The molecule has 4 atom stereocenters. The average molecular weight is 653 g/mol. The number of hydrogen-bond acceptors (Lipinski definition) is 10. The summed E-state index contributed by atoms with van der Waals surface area (Å²) in [5.41, 5.74) is 11.2. The quantitative estimate of drug-likeness (QED) is 0.0700. The fourth-order valence-electron chi connectivity index (χ4n) is 3.99. The van der Waals surface area contributed by atoms with Gasteiger partial charge in [-0.3, -0.25) is 33.8 Å². The Morgan fingerprint density at radius 3 is 2.13 bits per heavy atom. The van der Waals surface area contributed by atoms with Crippen LogP contribution in [0.2, 0.25) is 0 Å². The maximum Gasteiger partial charge on any atom is 0.327 e. The molecule has 2 rings (SSSR count). The first-order valence-corrected chi connectivity index (χ1v) is 14.7. The van der Waals surface area contributed by atoms with Crippen LogP contribution in [0.15, 0.2) is 29.3 Å². The van der Waals surface area contributed by atoms with Gasteiger partial charge in [-0.25, -0.2) is 4.79 Å². The third-order valence-electron chi connectivity index (χ3n) is 6.19. The first-order valence-electron chi connectivity index (χ1n) is 13.6. The van der Waals surface area contributed by atoms with Crippen LogP contribution in [0.3, 0.4) is 0 Å². The van der Waals surface area contributed by atoms with Crippen molar-refractivity contribution in [1.82, 2.24) is 26.6 Å². The maximum atomic E-state index is 13.4. The van der Waals surface area contributed by atoms with Gasteiger partial charge in [0.1, 0.15) is 29.9 Å². The van der Waals surface area contributed by atoms with Gasteiger partial charge in [-0.1, -0.05) is 12.1 Å². The van der Waals surface area contributed by atoms with E-state index in [0.29, 0.717) is 5.56 Å². The molecule has 0 saturated carbocycles. The van der Waals surface area contributed by atoms with Crippen LogP contribution >= 0.6 is 11.8 Å². The number of benzene rings is 1. The molecule has 1 aliphatic heterocycles. The summed E-state index contributed by atoms with van der Waals surface area (Å²) in [6.45, 7) is -0.620. The van der Waals surface area contributed by atoms with Crippen molar-refractivity contribution in [3.05, 3.63) is 29.8 Å². The van der Waals surface area contributed by atoms with E-state index in [-0.39, 0.29) is 49.0 Å². The first kappa shape index (κ1) is 36.1. The van der Waals surface area contributed by atoms with Crippen LogP contribution in [0.1, 0.15) is 24.8 Å². The number of nitrogens with one attached hydrogen (secondary N) is 5. The molecule has 0 radical (unpaired) electrons. The van der Waals surface area contributed by atoms with E-state index < -0.39 is 78.6 Å². The number of carboxylic acid groups (broad SMARTS) is 2. The second kappa shape index (κ2) is 17.9. The van der Waals surface area contributed by atoms with Gasteiger partial charge in [-0.15, -0.1) is 11.8 Å². The van der Waals surface area contributed by atoms with Gasteiger partial charge in [0.05, 0.1) is 18.7 Å². The van der Waals surface area contributed by atoms with E-state index in [1.165, 1.54) is 24.3 Å². The molecule has 1 fully saturated rings. The average Bonchev–Trinajstić information content (AvgIpc) is 2.96. The van der Waals surface area contributed by atoms with Gasteiger partial charge in [0.2, 0.25) is 29.5 Å². The SMILES string of the molecule is NC(N)=NCCC[C@@H]1NC(=O)[C@@H](Cc2ccc(O)cc2)NC(=O)CSC[C@@H](C(=O)O)NC(=O)[C@H](CC(=O)O)NC(=O)CNC1=O. The van der Waals surface area contributed by atoms with Crippen molar-refractivity contribution in [2.45, 2.75) is 49.9 Å². The third-order valence-corrected chi connectivity index (χ3v) is 7.23. The van der Waals surface area contributed by atoms with Crippen LogP contribution in [0.25, 0.3) is 0 Å². The third kappa shape index (κ3) is 13.4. The fourth-order valence-corrected chi connectivity index (χ4v) is 4.84. The predicted molar refractivity (Wildman–Crippen MR) is 160 cm³/mol. The van der Waals surface area contributed by atoms with Crippen LogP contribution in [-0.2, 0) is 40.0 Å². The van der Waals surface area contributed by atoms with Crippen molar-refractivity contribution < 1.29 is 48.9 Å². The Hall–Kier alpha value is -5.07. The van der Waals surface area contributed by atoms with Crippen molar-refractivity contribution in [3.63, 3.8) is 0 Å². The smallest absolute Gasteiger partial charge is 0.327 e. The number of carbonyl (C=O) groups excluding carboxylic acids is 5. The molecule has 18 nitrogen and oxygen atoms in total. The molecule has 1 aromatic rings. The van der Waals surface area contributed by atoms with E-state index in [9.17, 15) is 48.9 Å². The Morgan fingerprint density at radius 1 is 0.867 bits per heavy atom. The minimum absolute atomic E-state index is 0.00627. The number of phenols is 1. The maximum absolute atomic E-state index is 13.4. The number of phenolic OH excluding ortho intramolecular Hbond substituents is 1. The Morgan fingerprint density at radius 2 is 1.51 bits per heavy atom. The molecule has 1 heterocycles. The summed E-state index contributed by atoms with van der Waals surface area (Å²) in [6.07, 6.45) is -0.711. The Bertz CT molecular complexity index is 1290. The highest BCUT2D eigenvalue weighted by molar-refractivity contribution is 8.00. The Kier molecular flexibility index (Phi) is 14.4. The zero-order valence-corrected chi connectivity index (χ0v) is 24.8. The van der Waals surface area contributed by atoms with Crippen molar-refractivity contribution in [2.75, 3.05) is 24.6 Å². The molecule has 1 saturated heterocycles. The summed E-state index contributed by atoms with van der Waals surface area (Å²) in [4.78, 5) is 91.5. The minimum Gasteiger partial charge on any atom is -0.508 e. The Balaban J connectivity index is 2.37. The molecular formula is C26H36N8O10S. The molecule has 19 heteroatoms. The number of rotatable bonds is 9. The molecule has 0 bridgehead atoms. The van der Waals surface area contributed by atoms with Gasteiger partial charge in [0.15, 0.2) is 5.96 Å². The molecule has 5 amide bonds. The highest BCUT2D eigenvalue weighted by Crippen LogP contribution is 2.13. The summed E-state index contributed by atoms with van der Waals surface area (Å²) in [7, 11) is 0. The molecule has 45 heavy (non-hydrogen) atoms. The van der Waals surface area contributed by atoms with Crippen LogP contribution in [0, 0.1) is 0 Å². The standard InChI is InChI=1S/C26H36N8O10S/c27-26(28)29-7-1-2-15-22(40)30-10-19(36)31-17(9-21(38)39)24(42)34-18(25(43)44)11-45-12-20(37)32-16(23(41)33-15)8-13-3-5-14(35)6-4-13/h3-6,15-18,35H,1-2,7-12H2,(H,30,40)(H,31,36)(H,32,37)(H,33,41)(H,34,42)(H,38,39)(H,43,44)(H4,27,28,29)/t15-,16+,17-,18-/m0/s1. The number of nitrogens with zero attached hydrogens (tertiary/aromatic N) is 1. The summed E-state index contributed by atoms with van der Waals surface area (Å²) in [5.74, 6) is -8.12. The summed E-state index contributed by atoms with van der Waals surface area (Å²) < 4.78 is 0. The van der Waals surface area contributed by atoms with Crippen molar-refractivity contribution in [1.29, 1.82) is 0 Å². The zero-order valence-electron chi connectivity index (χ0n) is 24.0. The second-order valence-corrected chi connectivity index (χ2v) is 10.9. The van der Waals surface area contributed by atoms with E-state index >= 15 is 0 Å². The number of aliphatic imine (C=N–C) groups is 1. The lowest BCUT2D eigenvalue weighted by atomic mass is 10.0. The van der Waals surface area contributed by atoms with Crippen molar-refractivity contribution in [3.8, 4) is 5.75 Å². The van der Waals surface area contributed by atoms with E-state index in [1.54, 1.807) is 0 Å². The molecular weight excluding hydrogens is 616 g/mol. The van der Waals surface area contributed by atoms with Gasteiger partial charge >= 0.3 is 11.9 Å². The predicted octanol–water partition coefficient (Wildman–Crippen LogP) is -3.65. The molecule has 246 valence electrons. The first-order chi connectivity index (χ1) is 21.2. The van der Waals surface area contributed by atoms with Crippen molar-refractivity contribution >= 4 is 59.2 Å². The summed E-state index contributed by atoms with van der Waals surface area (Å²) >= 11 is 0.814. The fraction of sp³-hybridized carbons (Fsp3) is 0.462. The van der Waals surface area contributed by atoms with Gasteiger partial charge in [-0.05, 0) is 30.5 Å². The lowest BCUT2D eigenvalue weighted by Gasteiger charge is -2.24. The van der Waals surface area contributed by atoms with Gasteiger partial charge in [0, 0.05) is 18.7 Å². The highest BCUT2D eigenvalue weighted by atomic mass is 32.2. The van der Waals surface area contributed by atoms with E-state index in [0.717, 1.165) is 11.8 Å².